The van der Waals surface area contributed by atoms with Crippen LogP contribution in [0.3, 0.4) is 0 Å². The van der Waals surface area contributed by atoms with Gasteiger partial charge in [-0.3, -0.25) is 4.57 Å². The highest BCUT2D eigenvalue weighted by Gasteiger charge is 2.64. The predicted octanol–water partition coefficient (Wildman–Crippen LogP) is 0.757. The fourth-order valence-electron chi connectivity index (χ4n) is 2.49. The van der Waals surface area contributed by atoms with E-state index >= 15 is 0 Å². The Morgan fingerprint density at radius 1 is 1.57 bits per heavy atom. The third-order valence-corrected chi connectivity index (χ3v) is 3.52. The molecule has 0 aromatic carbocycles. The Hall–Kier alpha value is -1.29. The second kappa shape index (κ2) is 1.75. The van der Waals surface area contributed by atoms with Gasteiger partial charge in [0, 0.05) is 18.7 Å². The summed E-state index contributed by atoms with van der Waals surface area (Å²) >= 11 is 5.75. The van der Waals surface area contributed by atoms with E-state index in [-0.39, 0.29) is 16.4 Å². The third-order valence-electron chi connectivity index (χ3n) is 3.33. The molecule has 1 unspecified atom stereocenters. The van der Waals surface area contributed by atoms with Gasteiger partial charge < -0.3 is 4.90 Å². The van der Waals surface area contributed by atoms with E-state index in [1.54, 1.807) is 10.6 Å². The van der Waals surface area contributed by atoms with Gasteiger partial charge in [0.1, 0.15) is 11.0 Å². The first-order chi connectivity index (χ1) is 6.71. The van der Waals surface area contributed by atoms with Crippen molar-refractivity contribution < 1.29 is 0 Å². The van der Waals surface area contributed by atoms with Gasteiger partial charge in [-0.05, 0) is 5.57 Å². The molecule has 1 aromatic heterocycles. The number of fused-ring (bicyclic) bond motifs is 2. The summed E-state index contributed by atoms with van der Waals surface area (Å²) in [5.41, 5.74) is 1.35. The quantitative estimate of drug-likeness (QED) is 0.590. The summed E-state index contributed by atoms with van der Waals surface area (Å²) in [7, 11) is 0. The molecule has 3 aliphatic rings. The van der Waals surface area contributed by atoms with Crippen molar-refractivity contribution in [2.45, 2.75) is 18.5 Å². The summed E-state index contributed by atoms with van der Waals surface area (Å²) in [5.74, 6) is 0.885. The number of hydrogen-bond acceptors (Lipinski definition) is 3. The highest BCUT2D eigenvalue weighted by Crippen LogP contribution is 2.61. The van der Waals surface area contributed by atoms with Crippen LogP contribution in [0.2, 0.25) is 5.15 Å². The molecule has 1 saturated carbocycles. The van der Waals surface area contributed by atoms with Gasteiger partial charge in [-0.15, -0.1) is 0 Å². The Bertz CT molecular complexity index is 562. The zero-order chi connectivity index (χ0) is 9.50. The molecule has 4 rings (SSSR count). The van der Waals surface area contributed by atoms with E-state index in [1.165, 1.54) is 5.57 Å². The van der Waals surface area contributed by atoms with Crippen molar-refractivity contribution >= 4 is 17.4 Å². The van der Waals surface area contributed by atoms with E-state index in [9.17, 15) is 4.79 Å². The minimum Gasteiger partial charge on any atom is -0.322 e. The molecule has 4 nitrogen and oxygen atoms in total. The average Bonchev–Trinajstić information content (AvgIpc) is 2.51. The van der Waals surface area contributed by atoms with Crippen LogP contribution in [0.15, 0.2) is 22.6 Å². The minimum atomic E-state index is -0.240. The molecule has 5 heteroatoms. The maximum absolute atomic E-state index is 11.5. The lowest BCUT2D eigenvalue weighted by Crippen LogP contribution is -2.35. The lowest BCUT2D eigenvalue weighted by Gasteiger charge is -2.27. The van der Waals surface area contributed by atoms with Crippen LogP contribution >= 0.6 is 11.6 Å². The average molecular weight is 208 g/mol. The Morgan fingerprint density at radius 3 is 3.14 bits per heavy atom. The topological polar surface area (TPSA) is 38.1 Å². The Kier molecular flexibility index (Phi) is 0.882. The molecular formula is C9H6ClN3O. The third kappa shape index (κ3) is 0.554. The number of halogens is 1. The van der Waals surface area contributed by atoms with E-state index < -0.39 is 0 Å². The van der Waals surface area contributed by atoms with E-state index in [0.29, 0.717) is 0 Å². The van der Waals surface area contributed by atoms with Gasteiger partial charge in [0.05, 0.1) is 12.1 Å². The van der Waals surface area contributed by atoms with E-state index in [2.05, 4.69) is 16.1 Å². The molecule has 0 bridgehead atoms. The first-order valence-corrected chi connectivity index (χ1v) is 4.86. The molecule has 1 aromatic rings. The standard InChI is InChI=1S/C9H6ClN3O/c10-6-1-7-12(8(14)11-6)4-9-2-5(9)3-13(7)9/h1,3H,2,4H2. The lowest BCUT2D eigenvalue weighted by atomic mass is 10.2. The van der Waals surface area contributed by atoms with Crippen molar-refractivity contribution in [2.24, 2.45) is 0 Å². The van der Waals surface area contributed by atoms with Crippen LogP contribution in [0.4, 0.5) is 5.82 Å². The SMILES string of the molecule is O=c1nc(Cl)cc2n1CC13CC1=CN23. The normalized spacial score (nSPS) is 30.1. The van der Waals surface area contributed by atoms with Gasteiger partial charge in [0.25, 0.3) is 0 Å². The number of rotatable bonds is 0. The Balaban J connectivity index is 2.03. The molecule has 0 radical (unpaired) electrons. The van der Waals surface area contributed by atoms with Crippen LogP contribution in [0.5, 0.6) is 0 Å². The van der Waals surface area contributed by atoms with E-state index in [1.807, 2.05) is 0 Å². The molecule has 1 aliphatic carbocycles. The number of aromatic nitrogens is 2. The van der Waals surface area contributed by atoms with Crippen LogP contribution in [0.1, 0.15) is 6.42 Å². The molecule has 0 saturated heterocycles. The van der Waals surface area contributed by atoms with Crippen LogP contribution in [-0.4, -0.2) is 15.1 Å². The van der Waals surface area contributed by atoms with Gasteiger partial charge in [-0.1, -0.05) is 11.6 Å². The highest BCUT2D eigenvalue weighted by atomic mass is 35.5. The molecule has 1 atom stereocenters. The summed E-state index contributed by atoms with van der Waals surface area (Å²) < 4.78 is 1.70. The molecule has 1 fully saturated rings. The number of nitrogens with zero attached hydrogens (tertiary/aromatic N) is 3. The Labute approximate surface area is 84.4 Å². The smallest absolute Gasteiger partial charge is 0.322 e. The van der Waals surface area contributed by atoms with Crippen molar-refractivity contribution in [3.8, 4) is 0 Å². The molecule has 0 amide bonds. The summed E-state index contributed by atoms with van der Waals surface area (Å²) in [6.45, 7) is 0.747. The summed E-state index contributed by atoms with van der Waals surface area (Å²) in [6.07, 6.45) is 3.18. The highest BCUT2D eigenvalue weighted by molar-refractivity contribution is 6.29. The van der Waals surface area contributed by atoms with E-state index in [4.69, 9.17) is 11.6 Å². The van der Waals surface area contributed by atoms with Gasteiger partial charge in [0.2, 0.25) is 0 Å². The maximum atomic E-state index is 11.5. The van der Waals surface area contributed by atoms with Crippen molar-refractivity contribution in [3.63, 3.8) is 0 Å². The fourth-order valence-corrected chi connectivity index (χ4v) is 2.65. The van der Waals surface area contributed by atoms with E-state index in [0.717, 1.165) is 18.8 Å². The van der Waals surface area contributed by atoms with Gasteiger partial charge in [0.15, 0.2) is 0 Å². The summed E-state index contributed by atoms with van der Waals surface area (Å²) in [6, 6.07) is 1.75. The van der Waals surface area contributed by atoms with Crippen LogP contribution in [0.25, 0.3) is 0 Å². The van der Waals surface area contributed by atoms with Crippen LogP contribution < -0.4 is 10.6 Å². The van der Waals surface area contributed by atoms with Crippen molar-refractivity contribution in [1.82, 2.24) is 9.55 Å². The van der Waals surface area contributed by atoms with Gasteiger partial charge >= 0.3 is 5.69 Å². The Morgan fingerprint density at radius 2 is 2.43 bits per heavy atom. The van der Waals surface area contributed by atoms with Gasteiger partial charge in [-0.25, -0.2) is 4.79 Å². The molecule has 2 aliphatic heterocycles. The second-order valence-electron chi connectivity index (χ2n) is 4.04. The zero-order valence-corrected chi connectivity index (χ0v) is 7.95. The first kappa shape index (κ1) is 7.06. The second-order valence-corrected chi connectivity index (χ2v) is 4.43. The molecule has 3 heterocycles. The molecule has 0 N–H and O–H groups in total. The van der Waals surface area contributed by atoms with Crippen molar-refractivity contribution in [2.75, 3.05) is 4.90 Å². The van der Waals surface area contributed by atoms with Crippen molar-refractivity contribution in [1.29, 1.82) is 0 Å². The first-order valence-electron chi connectivity index (χ1n) is 4.49. The van der Waals surface area contributed by atoms with Crippen molar-refractivity contribution in [3.05, 3.63) is 33.5 Å². The summed E-state index contributed by atoms with van der Waals surface area (Å²) in [5, 5.41) is 0.279. The largest absolute Gasteiger partial charge is 0.350 e. The zero-order valence-electron chi connectivity index (χ0n) is 7.20. The lowest BCUT2D eigenvalue weighted by molar-refractivity contribution is 0.595. The number of hydrogen-bond donors (Lipinski definition) is 0. The number of anilines is 1. The van der Waals surface area contributed by atoms with Crippen LogP contribution in [-0.2, 0) is 6.54 Å². The maximum Gasteiger partial charge on any atom is 0.350 e. The molecule has 1 spiro atoms. The van der Waals surface area contributed by atoms with Gasteiger partial charge in [-0.2, -0.15) is 4.98 Å². The van der Waals surface area contributed by atoms with Crippen LogP contribution in [0, 0.1) is 0 Å². The minimum absolute atomic E-state index is 0.151. The predicted molar refractivity (Wildman–Crippen MR) is 51.4 cm³/mol. The fraction of sp³-hybridized carbons (Fsp3) is 0.333. The summed E-state index contributed by atoms with van der Waals surface area (Å²) in [4.78, 5) is 17.4. The molecule has 70 valence electrons. The molecular weight excluding hydrogens is 202 g/mol. The monoisotopic (exact) mass is 207 g/mol. The molecule has 14 heavy (non-hydrogen) atoms.